The number of nitrogens with zero attached hydrogens (tertiary/aromatic N) is 5. The molecular weight excluding hydrogens is 527 g/mol. The average Bonchev–Trinajstić information content (AvgIpc) is 2.95. The van der Waals surface area contributed by atoms with Crippen molar-refractivity contribution < 1.29 is 18.8 Å². The van der Waals surface area contributed by atoms with Crippen LogP contribution in [0.1, 0.15) is 64.4 Å². The van der Waals surface area contributed by atoms with Gasteiger partial charge >= 0.3 is 0 Å². The highest BCUT2D eigenvalue weighted by Crippen LogP contribution is 2.31. The highest BCUT2D eigenvalue weighted by Gasteiger charge is 2.34. The van der Waals surface area contributed by atoms with E-state index in [-0.39, 0.29) is 42.2 Å². The lowest BCUT2D eigenvalue weighted by Crippen LogP contribution is -2.55. The normalized spacial score (nSPS) is 21.5. The molecule has 3 amide bonds. The van der Waals surface area contributed by atoms with Gasteiger partial charge in [-0.1, -0.05) is 32.8 Å². The Hall–Kier alpha value is -3.38. The molecule has 226 valence electrons. The highest BCUT2D eigenvalue weighted by molar-refractivity contribution is 6.38. The van der Waals surface area contributed by atoms with Crippen molar-refractivity contribution in [2.45, 2.75) is 64.8 Å². The van der Waals surface area contributed by atoms with Crippen molar-refractivity contribution in [3.63, 3.8) is 0 Å². The Bertz CT molecular complexity index is 1110. The van der Waals surface area contributed by atoms with Crippen LogP contribution >= 0.6 is 0 Å². The fraction of sp³-hybridized carbons (Fsp3) is 0.621. The second kappa shape index (κ2) is 15.0. The van der Waals surface area contributed by atoms with E-state index in [0.717, 1.165) is 43.8 Å². The number of amides is 3. The van der Waals surface area contributed by atoms with Crippen molar-refractivity contribution in [3.8, 4) is 0 Å². The van der Waals surface area contributed by atoms with Gasteiger partial charge in [-0.2, -0.15) is 5.10 Å². The number of nitrogens with two attached hydrogens (primary N) is 1. The minimum absolute atomic E-state index is 0.00966. The lowest BCUT2D eigenvalue weighted by Gasteiger charge is -2.33. The summed E-state index contributed by atoms with van der Waals surface area (Å²) in [6.07, 6.45) is 3.61. The second-order valence-electron chi connectivity index (χ2n) is 11.3. The molecule has 1 saturated heterocycles. The van der Waals surface area contributed by atoms with E-state index in [1.807, 2.05) is 18.9 Å². The van der Waals surface area contributed by atoms with Gasteiger partial charge in [0, 0.05) is 45.9 Å². The van der Waals surface area contributed by atoms with Gasteiger partial charge in [0.2, 0.25) is 17.6 Å². The van der Waals surface area contributed by atoms with E-state index >= 15 is 4.39 Å². The predicted octanol–water partition coefficient (Wildman–Crippen LogP) is 2.55. The van der Waals surface area contributed by atoms with Crippen LogP contribution in [0.15, 0.2) is 28.4 Å². The summed E-state index contributed by atoms with van der Waals surface area (Å²) in [6, 6.07) is 3.68. The Morgan fingerprint density at radius 2 is 1.83 bits per heavy atom. The number of hydrogen-bond acceptors (Lipinski definition) is 7. The Balaban J connectivity index is 1.71. The van der Waals surface area contributed by atoms with Gasteiger partial charge in [0.25, 0.3) is 5.91 Å². The van der Waals surface area contributed by atoms with Gasteiger partial charge in [-0.15, -0.1) is 5.10 Å². The number of likely N-dealkylation sites (N-methyl/N-ethyl adjacent to an activating group) is 2. The molecule has 3 rings (SSSR count). The molecule has 1 saturated carbocycles. The molecule has 0 bridgehead atoms. The smallest absolute Gasteiger partial charge is 0.290 e. The molecule has 4 N–H and O–H groups in total. The average molecular weight is 573 g/mol. The fourth-order valence-corrected chi connectivity index (χ4v) is 5.39. The molecular formula is C29H45FN8O3. The zero-order valence-corrected chi connectivity index (χ0v) is 24.7. The van der Waals surface area contributed by atoms with Crippen LogP contribution in [-0.4, -0.2) is 90.9 Å². The number of nitrogens with one attached hydrogen (secondary N) is 2. The number of piperazine rings is 1. The van der Waals surface area contributed by atoms with Gasteiger partial charge in [0.15, 0.2) is 0 Å². The van der Waals surface area contributed by atoms with E-state index in [4.69, 9.17) is 5.84 Å². The molecule has 0 spiro atoms. The number of anilines is 1. The van der Waals surface area contributed by atoms with E-state index in [1.165, 1.54) is 12.1 Å². The van der Waals surface area contributed by atoms with E-state index in [9.17, 15) is 14.4 Å². The predicted molar refractivity (Wildman–Crippen MR) is 159 cm³/mol. The lowest BCUT2D eigenvalue weighted by molar-refractivity contribution is -0.133. The topological polar surface area (TPSA) is 136 Å². The Kier molecular flexibility index (Phi) is 11.8. The Morgan fingerprint density at radius 1 is 1.17 bits per heavy atom. The second-order valence-corrected chi connectivity index (χ2v) is 11.3. The summed E-state index contributed by atoms with van der Waals surface area (Å²) in [5, 5.41) is 13.7. The van der Waals surface area contributed by atoms with Crippen LogP contribution in [0.2, 0.25) is 0 Å². The van der Waals surface area contributed by atoms with Crippen LogP contribution in [0, 0.1) is 17.7 Å². The first kappa shape index (κ1) is 32.1. The number of benzene rings is 1. The Morgan fingerprint density at radius 3 is 2.41 bits per heavy atom. The summed E-state index contributed by atoms with van der Waals surface area (Å²) in [5.41, 5.74) is 0.685. The van der Waals surface area contributed by atoms with Gasteiger partial charge in [-0.3, -0.25) is 19.4 Å². The minimum atomic E-state index is -0.922. The number of amidine groups is 1. The standard InChI is InChI=1S/C29H45FN8O3/c1-6-38(31)27(35-32-4)29(41)34-26(21-9-7-19(2)8-10-21)28(40)33-24-12-11-22(18-23(24)30)20(3)17-25(39)37-15-13-36(5)14-16-37/h11-12,18-21,26H,4,6-10,13-17,31H2,1-3,5H3,(H,33,40)(H,34,41)/b35-27-/t19-,20-,21-,26+/m1/s1. The van der Waals surface area contributed by atoms with Gasteiger partial charge in [-0.25, -0.2) is 10.2 Å². The maximum atomic E-state index is 15.2. The van der Waals surface area contributed by atoms with Crippen LogP contribution in [0.5, 0.6) is 0 Å². The van der Waals surface area contributed by atoms with E-state index in [2.05, 4.69) is 39.4 Å². The molecule has 1 heterocycles. The molecule has 12 heteroatoms. The van der Waals surface area contributed by atoms with Gasteiger partial charge in [0.05, 0.1) is 5.69 Å². The van der Waals surface area contributed by atoms with E-state index in [0.29, 0.717) is 24.6 Å². The lowest BCUT2D eigenvalue weighted by atomic mass is 9.79. The van der Waals surface area contributed by atoms with Crippen molar-refractivity contribution in [2.75, 3.05) is 45.1 Å². The van der Waals surface area contributed by atoms with Gasteiger partial charge < -0.3 is 20.4 Å². The molecule has 2 atom stereocenters. The number of rotatable bonds is 9. The van der Waals surface area contributed by atoms with Crippen LogP contribution < -0.4 is 16.5 Å². The zero-order chi connectivity index (χ0) is 30.1. The maximum absolute atomic E-state index is 15.2. The molecule has 2 fully saturated rings. The number of hydrogen-bond donors (Lipinski definition) is 3. The molecule has 0 aromatic heterocycles. The first-order valence-electron chi connectivity index (χ1n) is 14.5. The van der Waals surface area contributed by atoms with Crippen LogP contribution in [0.25, 0.3) is 0 Å². The summed E-state index contributed by atoms with van der Waals surface area (Å²) >= 11 is 0. The first-order chi connectivity index (χ1) is 19.5. The third kappa shape index (κ3) is 8.80. The van der Waals surface area contributed by atoms with Crippen molar-refractivity contribution in [3.05, 3.63) is 29.6 Å². The number of carbonyl (C=O) groups excluding carboxylic acids is 3. The SMILES string of the molecule is C=N/N=C(/C(=O)N[C@H](C(=O)Nc1ccc([C@H](C)CC(=O)N2CCN(C)CC2)cc1F)[C@H]1CC[C@H](C)CC1)N(N)CC. The third-order valence-corrected chi connectivity index (χ3v) is 8.24. The molecule has 1 aliphatic heterocycles. The summed E-state index contributed by atoms with van der Waals surface area (Å²) in [5.74, 6) is 4.20. The quantitative estimate of drug-likeness (QED) is 0.180. The number of halogens is 1. The summed E-state index contributed by atoms with van der Waals surface area (Å²) in [7, 11) is 2.03. The molecule has 2 aliphatic rings. The van der Waals surface area contributed by atoms with Crippen LogP contribution in [0.4, 0.5) is 10.1 Å². The molecule has 0 radical (unpaired) electrons. The molecule has 0 unspecified atom stereocenters. The number of carbonyl (C=O) groups is 3. The summed E-state index contributed by atoms with van der Waals surface area (Å²) in [4.78, 5) is 43.4. The molecule has 1 aliphatic carbocycles. The van der Waals surface area contributed by atoms with Crippen molar-refractivity contribution in [1.29, 1.82) is 0 Å². The van der Waals surface area contributed by atoms with Crippen molar-refractivity contribution >= 4 is 36.0 Å². The van der Waals surface area contributed by atoms with E-state index in [1.54, 1.807) is 13.0 Å². The zero-order valence-electron chi connectivity index (χ0n) is 24.7. The van der Waals surface area contributed by atoms with Gasteiger partial charge in [0.1, 0.15) is 11.9 Å². The Labute approximate surface area is 242 Å². The number of hydrazine groups is 1. The molecule has 1 aromatic rings. The third-order valence-electron chi connectivity index (χ3n) is 8.24. The summed E-state index contributed by atoms with van der Waals surface area (Å²) in [6.45, 7) is 12.4. The van der Waals surface area contributed by atoms with Crippen molar-refractivity contribution in [2.24, 2.45) is 27.9 Å². The highest BCUT2D eigenvalue weighted by atomic mass is 19.1. The first-order valence-corrected chi connectivity index (χ1v) is 14.5. The van der Waals surface area contributed by atoms with E-state index < -0.39 is 23.7 Å². The minimum Gasteiger partial charge on any atom is -0.340 e. The summed E-state index contributed by atoms with van der Waals surface area (Å²) < 4.78 is 15.2. The van der Waals surface area contributed by atoms with Crippen LogP contribution in [0.3, 0.4) is 0 Å². The molecule has 11 nitrogen and oxygen atoms in total. The van der Waals surface area contributed by atoms with Crippen molar-refractivity contribution in [1.82, 2.24) is 20.1 Å². The largest absolute Gasteiger partial charge is 0.340 e. The van der Waals surface area contributed by atoms with Gasteiger partial charge in [-0.05, 0) is 62.3 Å². The monoisotopic (exact) mass is 572 g/mol. The maximum Gasteiger partial charge on any atom is 0.290 e. The fourth-order valence-electron chi connectivity index (χ4n) is 5.39. The molecule has 41 heavy (non-hydrogen) atoms. The molecule has 1 aromatic carbocycles. The van der Waals surface area contributed by atoms with Crippen LogP contribution in [-0.2, 0) is 14.4 Å².